The van der Waals surface area contributed by atoms with E-state index in [0.717, 1.165) is 6.07 Å². The number of hydrogen-bond acceptors (Lipinski definition) is 4. The average molecular weight is 281 g/mol. The van der Waals surface area contributed by atoms with Crippen LogP contribution in [0.25, 0.3) is 0 Å². The molecule has 0 heterocycles. The van der Waals surface area contributed by atoms with Crippen LogP contribution in [-0.2, 0) is 10.1 Å². The summed E-state index contributed by atoms with van der Waals surface area (Å²) in [4.78, 5) is -0.887. The molecular weight excluding hydrogens is 278 g/mol. The summed E-state index contributed by atoms with van der Waals surface area (Å²) < 4.78 is 31.7. The minimum atomic E-state index is -4.80. The Labute approximate surface area is 133 Å². The standard InChI is InChI=1S/C6H4Cl2O4S.K/c7-3-1-2-4(9)6(5(3)8)13(10,11)12;/h1-2,9H,(H,10,11,12);/q;+1/p-1. The molecule has 14 heavy (non-hydrogen) atoms. The number of aromatic hydroxyl groups is 1. The van der Waals surface area contributed by atoms with Crippen molar-refractivity contribution in [2.75, 3.05) is 0 Å². The van der Waals surface area contributed by atoms with Crippen LogP contribution >= 0.6 is 23.2 Å². The fraction of sp³-hybridized carbons (Fsp3) is 0. The maximum Gasteiger partial charge on any atom is 1.00 e. The van der Waals surface area contributed by atoms with Crippen molar-refractivity contribution in [3.63, 3.8) is 0 Å². The second-order valence-electron chi connectivity index (χ2n) is 2.16. The van der Waals surface area contributed by atoms with Crippen molar-refractivity contribution >= 4 is 33.3 Å². The molecule has 0 saturated carbocycles. The van der Waals surface area contributed by atoms with Crippen LogP contribution < -0.4 is 51.4 Å². The Balaban J connectivity index is 0.00000169. The Kier molecular flexibility index (Phi) is 5.92. The van der Waals surface area contributed by atoms with Gasteiger partial charge in [0.25, 0.3) is 0 Å². The zero-order valence-corrected chi connectivity index (χ0v) is 12.4. The molecule has 0 aliphatic rings. The van der Waals surface area contributed by atoms with Gasteiger partial charge in [-0.05, 0) is 12.1 Å². The zero-order chi connectivity index (χ0) is 10.2. The normalized spacial score (nSPS) is 10.8. The second-order valence-corrected chi connectivity index (χ2v) is 4.27. The molecule has 0 unspecified atom stereocenters. The molecule has 1 aromatic rings. The first-order valence-corrected chi connectivity index (χ1v) is 5.13. The van der Waals surface area contributed by atoms with Crippen LogP contribution in [0.5, 0.6) is 5.75 Å². The minimum Gasteiger partial charge on any atom is -0.744 e. The molecule has 0 aliphatic carbocycles. The molecule has 4 nitrogen and oxygen atoms in total. The average Bonchev–Trinajstić information content (AvgIpc) is 1.95. The number of halogens is 2. The fourth-order valence-corrected chi connectivity index (χ4v) is 2.07. The molecule has 1 N–H and O–H groups in total. The smallest absolute Gasteiger partial charge is 0.744 e. The summed E-state index contributed by atoms with van der Waals surface area (Å²) in [5.41, 5.74) is 0. The number of phenolic OH excluding ortho intramolecular Hbond substituents is 1. The molecule has 0 saturated heterocycles. The third kappa shape index (κ3) is 3.33. The molecule has 0 aliphatic heterocycles. The maximum atomic E-state index is 10.6. The Bertz CT molecular complexity index is 445. The quantitative estimate of drug-likeness (QED) is 0.508. The second kappa shape index (κ2) is 5.47. The van der Waals surface area contributed by atoms with Gasteiger partial charge in [0, 0.05) is 0 Å². The van der Waals surface area contributed by atoms with E-state index >= 15 is 0 Å². The summed E-state index contributed by atoms with van der Waals surface area (Å²) in [6.45, 7) is 0. The third-order valence-electron chi connectivity index (χ3n) is 1.28. The van der Waals surface area contributed by atoms with Gasteiger partial charge in [-0.2, -0.15) is 0 Å². The Hall–Kier alpha value is 1.15. The summed E-state index contributed by atoms with van der Waals surface area (Å²) in [6.07, 6.45) is 0. The first-order chi connectivity index (χ1) is 5.84. The molecule has 0 aromatic heterocycles. The van der Waals surface area contributed by atoms with Crippen molar-refractivity contribution in [2.24, 2.45) is 0 Å². The van der Waals surface area contributed by atoms with Gasteiger partial charge < -0.3 is 9.66 Å². The van der Waals surface area contributed by atoms with Crippen LogP contribution in [0.15, 0.2) is 17.0 Å². The molecule has 0 fully saturated rings. The molecule has 0 atom stereocenters. The van der Waals surface area contributed by atoms with Gasteiger partial charge in [0.1, 0.15) is 20.8 Å². The van der Waals surface area contributed by atoms with E-state index in [1.807, 2.05) is 0 Å². The predicted molar refractivity (Wildman–Crippen MR) is 46.1 cm³/mol. The Morgan fingerprint density at radius 2 is 1.79 bits per heavy atom. The minimum absolute atomic E-state index is 0. The van der Waals surface area contributed by atoms with Crippen molar-refractivity contribution in [1.82, 2.24) is 0 Å². The summed E-state index contributed by atoms with van der Waals surface area (Å²) in [5, 5.41) is 8.46. The first kappa shape index (κ1) is 15.1. The van der Waals surface area contributed by atoms with Gasteiger partial charge in [0.2, 0.25) is 0 Å². The molecular formula is C6H3Cl2KO4S. The van der Waals surface area contributed by atoms with Crippen LogP contribution in [0.4, 0.5) is 0 Å². The largest absolute Gasteiger partial charge is 1.00 e. The Morgan fingerprint density at radius 3 is 2.14 bits per heavy atom. The molecule has 8 heteroatoms. The van der Waals surface area contributed by atoms with E-state index in [9.17, 15) is 13.0 Å². The molecule has 0 bridgehead atoms. The van der Waals surface area contributed by atoms with E-state index in [4.69, 9.17) is 28.3 Å². The van der Waals surface area contributed by atoms with Crippen LogP contribution in [0.1, 0.15) is 0 Å². The van der Waals surface area contributed by atoms with Crippen LogP contribution in [0.2, 0.25) is 10.0 Å². The predicted octanol–water partition coefficient (Wildman–Crippen LogP) is -1.39. The fourth-order valence-electron chi connectivity index (χ4n) is 0.760. The van der Waals surface area contributed by atoms with Gasteiger partial charge in [0.15, 0.2) is 0 Å². The number of benzene rings is 1. The van der Waals surface area contributed by atoms with E-state index in [1.165, 1.54) is 6.07 Å². The summed E-state index contributed by atoms with van der Waals surface area (Å²) in [7, 11) is -4.80. The summed E-state index contributed by atoms with van der Waals surface area (Å²) in [5.74, 6) is -0.704. The molecule has 0 amide bonds. The van der Waals surface area contributed by atoms with Crippen molar-refractivity contribution in [1.29, 1.82) is 0 Å². The van der Waals surface area contributed by atoms with Gasteiger partial charge >= 0.3 is 51.4 Å². The van der Waals surface area contributed by atoms with Crippen molar-refractivity contribution in [3.8, 4) is 5.75 Å². The molecule has 1 aromatic carbocycles. The van der Waals surface area contributed by atoms with E-state index in [2.05, 4.69) is 0 Å². The van der Waals surface area contributed by atoms with E-state index in [0.29, 0.717) is 0 Å². The molecule has 72 valence electrons. The SMILES string of the molecule is O=S(=O)([O-])c1c(O)ccc(Cl)c1Cl.[K+]. The van der Waals surface area contributed by atoms with Gasteiger partial charge in [-0.3, -0.25) is 0 Å². The summed E-state index contributed by atoms with van der Waals surface area (Å²) in [6, 6.07) is 2.17. The van der Waals surface area contributed by atoms with E-state index in [1.54, 1.807) is 0 Å². The Morgan fingerprint density at radius 1 is 1.29 bits per heavy atom. The van der Waals surface area contributed by atoms with E-state index in [-0.39, 0.29) is 56.4 Å². The number of hydrogen-bond donors (Lipinski definition) is 1. The van der Waals surface area contributed by atoms with Gasteiger partial charge in [0.05, 0.1) is 10.0 Å². The third-order valence-corrected chi connectivity index (χ3v) is 3.11. The zero-order valence-electron chi connectivity index (χ0n) is 6.99. The van der Waals surface area contributed by atoms with Gasteiger partial charge in [-0.25, -0.2) is 8.42 Å². The van der Waals surface area contributed by atoms with Crippen molar-refractivity contribution in [2.45, 2.75) is 4.90 Å². The maximum absolute atomic E-state index is 10.6. The number of rotatable bonds is 1. The monoisotopic (exact) mass is 280 g/mol. The van der Waals surface area contributed by atoms with E-state index < -0.39 is 25.8 Å². The van der Waals surface area contributed by atoms with Gasteiger partial charge in [-0.15, -0.1) is 0 Å². The van der Waals surface area contributed by atoms with Crippen molar-refractivity contribution < 1.29 is 69.5 Å². The van der Waals surface area contributed by atoms with Crippen molar-refractivity contribution in [3.05, 3.63) is 22.2 Å². The topological polar surface area (TPSA) is 77.4 Å². The summed E-state index contributed by atoms with van der Waals surface area (Å²) >= 11 is 10.9. The van der Waals surface area contributed by atoms with Crippen LogP contribution in [-0.4, -0.2) is 18.1 Å². The van der Waals surface area contributed by atoms with Crippen LogP contribution in [0, 0.1) is 0 Å². The first-order valence-electron chi connectivity index (χ1n) is 2.97. The molecule has 0 radical (unpaired) electrons. The van der Waals surface area contributed by atoms with Gasteiger partial charge in [-0.1, -0.05) is 23.2 Å². The molecule has 0 spiro atoms. The van der Waals surface area contributed by atoms with Crippen LogP contribution in [0.3, 0.4) is 0 Å². The molecule has 1 rings (SSSR count). The number of phenols is 1.